The summed E-state index contributed by atoms with van der Waals surface area (Å²) in [4.78, 5) is 38.4. The van der Waals surface area contributed by atoms with Crippen molar-refractivity contribution in [2.75, 3.05) is 13.2 Å². The second-order valence-electron chi connectivity index (χ2n) is 21.3. The Morgan fingerprint density at radius 3 is 0.759 bits per heavy atom. The van der Waals surface area contributed by atoms with Gasteiger partial charge in [-0.05, 0) is 161 Å². The summed E-state index contributed by atoms with van der Waals surface area (Å²) in [6.45, 7) is 6.32. The topological polar surface area (TPSA) is 78.9 Å². The van der Waals surface area contributed by atoms with E-state index in [1.54, 1.807) is 0 Å². The molecule has 0 aromatic heterocycles. The zero-order chi connectivity index (χ0) is 59.9. The van der Waals surface area contributed by atoms with E-state index in [1.165, 1.54) is 51.4 Å². The van der Waals surface area contributed by atoms with Crippen LogP contribution in [0.4, 0.5) is 0 Å². The Balaban J connectivity index is 4.55. The number of hydrogen-bond donors (Lipinski definition) is 0. The van der Waals surface area contributed by atoms with Crippen LogP contribution in [0.5, 0.6) is 0 Å². The molecular formula is C77H120O6. The fourth-order valence-corrected chi connectivity index (χ4v) is 8.46. The van der Waals surface area contributed by atoms with E-state index >= 15 is 0 Å². The maximum atomic E-state index is 12.9. The molecule has 83 heavy (non-hydrogen) atoms. The first kappa shape index (κ1) is 77.5. The third-order valence-corrected chi connectivity index (χ3v) is 13.4. The lowest BCUT2D eigenvalue weighted by molar-refractivity contribution is -0.167. The molecule has 6 nitrogen and oxygen atoms in total. The van der Waals surface area contributed by atoms with E-state index in [9.17, 15) is 14.4 Å². The van der Waals surface area contributed by atoms with Crippen LogP contribution in [0.3, 0.4) is 0 Å². The van der Waals surface area contributed by atoms with Crippen LogP contribution in [0, 0.1) is 0 Å². The summed E-state index contributed by atoms with van der Waals surface area (Å²) < 4.78 is 16.9. The molecule has 0 bridgehead atoms. The van der Waals surface area contributed by atoms with E-state index in [0.717, 1.165) is 167 Å². The van der Waals surface area contributed by atoms with Gasteiger partial charge in [0.15, 0.2) is 6.10 Å². The first-order chi connectivity index (χ1) is 41.0. The number of ether oxygens (including phenoxy) is 3. The Morgan fingerprint density at radius 1 is 0.253 bits per heavy atom. The fourth-order valence-electron chi connectivity index (χ4n) is 8.46. The molecule has 0 saturated carbocycles. The lowest BCUT2D eigenvalue weighted by Crippen LogP contribution is -2.30. The van der Waals surface area contributed by atoms with Crippen molar-refractivity contribution in [3.8, 4) is 0 Å². The van der Waals surface area contributed by atoms with Gasteiger partial charge in [0.05, 0.1) is 0 Å². The number of rotatable bonds is 58. The normalized spacial score (nSPS) is 13.3. The molecule has 0 radical (unpaired) electrons. The highest BCUT2D eigenvalue weighted by atomic mass is 16.6. The molecule has 0 heterocycles. The second-order valence-corrected chi connectivity index (χ2v) is 21.3. The van der Waals surface area contributed by atoms with Crippen molar-refractivity contribution in [1.29, 1.82) is 0 Å². The standard InChI is InChI=1S/C77H120O6/c1-4-7-10-13-16-19-22-25-28-31-33-35-36-37-38-39-40-42-43-46-49-52-55-58-61-64-67-70-76(79)82-73-74(72-81-75(78)69-66-63-60-57-54-51-48-45-30-27-24-21-18-15-12-9-6-3)83-77(80)71-68-65-62-59-56-53-50-47-44-41-34-32-29-26-23-20-17-14-11-8-5-2/h7-8,10-11,16-21,25-30,33-35,37-38,40-42,46-47,49-50,55,58,74H,4-6,9,12-15,22-24,31-32,36,39,43-45,48,51-54,56-57,59-73H2,1-3H3/b10-7-,11-8-,19-16-,20-17-,21-18-,28-25-,29-26-,30-27-,35-33-,38-37-,41-34-,42-40-,49-46-,50-47-,58-55-. The van der Waals surface area contributed by atoms with Crippen LogP contribution in [0.1, 0.15) is 265 Å². The minimum absolute atomic E-state index is 0.113. The molecule has 1 unspecified atom stereocenters. The Labute approximate surface area is 510 Å². The molecular weight excluding hydrogens is 1020 g/mol. The van der Waals surface area contributed by atoms with Crippen molar-refractivity contribution >= 4 is 17.9 Å². The van der Waals surface area contributed by atoms with Gasteiger partial charge >= 0.3 is 17.9 Å². The van der Waals surface area contributed by atoms with Gasteiger partial charge < -0.3 is 14.2 Å². The number of allylic oxidation sites excluding steroid dienone is 30. The lowest BCUT2D eigenvalue weighted by atomic mass is 10.1. The average molecular weight is 1140 g/mol. The van der Waals surface area contributed by atoms with Gasteiger partial charge in [0, 0.05) is 19.3 Å². The molecule has 0 aliphatic carbocycles. The predicted octanol–water partition coefficient (Wildman–Crippen LogP) is 23.2. The Morgan fingerprint density at radius 2 is 0.470 bits per heavy atom. The smallest absolute Gasteiger partial charge is 0.306 e. The molecule has 0 aliphatic rings. The van der Waals surface area contributed by atoms with Crippen LogP contribution in [0.2, 0.25) is 0 Å². The van der Waals surface area contributed by atoms with Crippen molar-refractivity contribution in [3.63, 3.8) is 0 Å². The van der Waals surface area contributed by atoms with Crippen molar-refractivity contribution in [3.05, 3.63) is 182 Å². The van der Waals surface area contributed by atoms with Crippen LogP contribution in [0.15, 0.2) is 182 Å². The van der Waals surface area contributed by atoms with Crippen LogP contribution in [-0.4, -0.2) is 37.2 Å². The van der Waals surface area contributed by atoms with Gasteiger partial charge in [-0.3, -0.25) is 14.4 Å². The van der Waals surface area contributed by atoms with Crippen LogP contribution in [-0.2, 0) is 28.6 Å². The zero-order valence-electron chi connectivity index (χ0n) is 53.1. The molecule has 6 heteroatoms. The molecule has 1 atom stereocenters. The lowest BCUT2D eigenvalue weighted by Gasteiger charge is -2.18. The van der Waals surface area contributed by atoms with Gasteiger partial charge in [0.25, 0.3) is 0 Å². The third-order valence-electron chi connectivity index (χ3n) is 13.4. The number of carbonyl (C=O) groups is 3. The van der Waals surface area contributed by atoms with Crippen molar-refractivity contribution < 1.29 is 28.6 Å². The van der Waals surface area contributed by atoms with Crippen molar-refractivity contribution in [2.45, 2.75) is 271 Å². The highest BCUT2D eigenvalue weighted by Crippen LogP contribution is 2.14. The van der Waals surface area contributed by atoms with Crippen LogP contribution >= 0.6 is 0 Å². The van der Waals surface area contributed by atoms with Gasteiger partial charge in [-0.25, -0.2) is 0 Å². The van der Waals surface area contributed by atoms with Crippen molar-refractivity contribution in [1.82, 2.24) is 0 Å². The van der Waals surface area contributed by atoms with Gasteiger partial charge in [0.2, 0.25) is 0 Å². The number of hydrogen-bond acceptors (Lipinski definition) is 6. The minimum atomic E-state index is -0.823. The summed E-state index contributed by atoms with van der Waals surface area (Å²) in [7, 11) is 0. The summed E-state index contributed by atoms with van der Waals surface area (Å²) >= 11 is 0. The summed E-state index contributed by atoms with van der Waals surface area (Å²) in [5.41, 5.74) is 0. The molecule has 464 valence electrons. The molecule has 0 aromatic carbocycles. The summed E-state index contributed by atoms with van der Waals surface area (Å²) in [6.07, 6.45) is 103. The molecule has 0 fully saturated rings. The summed E-state index contributed by atoms with van der Waals surface area (Å²) in [5.74, 6) is -0.990. The van der Waals surface area contributed by atoms with Gasteiger partial charge in [0.1, 0.15) is 13.2 Å². The first-order valence-electron chi connectivity index (χ1n) is 33.3. The summed E-state index contributed by atoms with van der Waals surface area (Å²) in [5, 5.41) is 0. The molecule has 0 rings (SSSR count). The van der Waals surface area contributed by atoms with Crippen LogP contribution in [0.25, 0.3) is 0 Å². The van der Waals surface area contributed by atoms with E-state index in [-0.39, 0.29) is 44.0 Å². The molecule has 0 N–H and O–H groups in total. The Kier molecular flexibility index (Phi) is 64.4. The third kappa shape index (κ3) is 67.2. The maximum absolute atomic E-state index is 12.9. The van der Waals surface area contributed by atoms with E-state index in [4.69, 9.17) is 14.2 Å². The average Bonchev–Trinajstić information content (AvgIpc) is 3.49. The van der Waals surface area contributed by atoms with Crippen molar-refractivity contribution in [2.24, 2.45) is 0 Å². The highest BCUT2D eigenvalue weighted by molar-refractivity contribution is 5.71. The molecule has 0 aliphatic heterocycles. The molecule has 0 amide bonds. The van der Waals surface area contributed by atoms with E-state index in [2.05, 4.69) is 203 Å². The van der Waals surface area contributed by atoms with Gasteiger partial charge in [-0.15, -0.1) is 0 Å². The largest absolute Gasteiger partial charge is 0.462 e. The maximum Gasteiger partial charge on any atom is 0.306 e. The first-order valence-corrected chi connectivity index (χ1v) is 33.3. The zero-order valence-corrected chi connectivity index (χ0v) is 53.1. The molecule has 0 saturated heterocycles. The second kappa shape index (κ2) is 69.0. The molecule has 0 aromatic rings. The monoisotopic (exact) mass is 1140 g/mol. The minimum Gasteiger partial charge on any atom is -0.462 e. The predicted molar refractivity (Wildman–Crippen MR) is 361 cm³/mol. The number of esters is 3. The SMILES string of the molecule is CC/C=C\C/C=C\C/C=C\C/C=C\C/C=C\C/C=C\C/C=C\C/C=C\CCCCC(=O)OCC(COC(=O)CCCCCCCCC/C=C\C/C=C\CCCCC)OC(=O)CCCCCCC/C=C\C/C=C\C/C=C\C/C=C\C/C=C\CC. The Hall–Kier alpha value is -5.49. The summed E-state index contributed by atoms with van der Waals surface area (Å²) in [6, 6.07) is 0. The molecule has 0 spiro atoms. The van der Waals surface area contributed by atoms with Gasteiger partial charge in [-0.1, -0.05) is 267 Å². The highest BCUT2D eigenvalue weighted by Gasteiger charge is 2.19. The van der Waals surface area contributed by atoms with Gasteiger partial charge in [-0.2, -0.15) is 0 Å². The number of carbonyl (C=O) groups excluding carboxylic acids is 3. The van der Waals surface area contributed by atoms with E-state index < -0.39 is 6.10 Å². The van der Waals surface area contributed by atoms with E-state index in [1.807, 2.05) is 0 Å². The quantitative estimate of drug-likeness (QED) is 0.0261. The fraction of sp³-hybridized carbons (Fsp3) is 0.571. The number of unbranched alkanes of at least 4 members (excludes halogenated alkanes) is 17. The van der Waals surface area contributed by atoms with Crippen LogP contribution < -0.4 is 0 Å². The van der Waals surface area contributed by atoms with E-state index in [0.29, 0.717) is 12.8 Å². The Bertz CT molecular complexity index is 1940.